The average Bonchev–Trinajstić information content (AvgIpc) is 3.03. The van der Waals surface area contributed by atoms with Crippen LogP contribution in [0.2, 0.25) is 4.34 Å². The van der Waals surface area contributed by atoms with Gasteiger partial charge in [0, 0.05) is 11.3 Å². The van der Waals surface area contributed by atoms with Gasteiger partial charge in [-0.25, -0.2) is 4.98 Å². The first kappa shape index (κ1) is 13.6. The van der Waals surface area contributed by atoms with Crippen molar-refractivity contribution < 1.29 is 4.42 Å². The molecule has 1 aromatic carbocycles. The molecular formula is C15H15ClN2OS. The maximum absolute atomic E-state index is 6.02. The average molecular weight is 307 g/mol. The lowest BCUT2D eigenvalue weighted by Gasteiger charge is -2.14. The zero-order valence-corrected chi connectivity index (χ0v) is 12.7. The van der Waals surface area contributed by atoms with E-state index in [-0.39, 0.29) is 6.04 Å². The van der Waals surface area contributed by atoms with Gasteiger partial charge in [0.25, 0.3) is 0 Å². The normalized spacial score (nSPS) is 12.9. The van der Waals surface area contributed by atoms with Crippen LogP contribution in [0.25, 0.3) is 11.1 Å². The summed E-state index contributed by atoms with van der Waals surface area (Å²) in [6.07, 6.45) is 0.722. The zero-order chi connectivity index (χ0) is 13.9. The maximum atomic E-state index is 6.02. The molecule has 0 amide bonds. The third-order valence-corrected chi connectivity index (χ3v) is 4.45. The van der Waals surface area contributed by atoms with Gasteiger partial charge in [-0.15, -0.1) is 11.3 Å². The van der Waals surface area contributed by atoms with Crippen LogP contribution in [0.15, 0.2) is 40.8 Å². The lowest BCUT2D eigenvalue weighted by molar-refractivity contribution is 0.464. The van der Waals surface area contributed by atoms with Crippen molar-refractivity contribution in [1.29, 1.82) is 0 Å². The van der Waals surface area contributed by atoms with Gasteiger partial charge in [0.1, 0.15) is 5.52 Å². The molecule has 1 N–H and O–H groups in total. The van der Waals surface area contributed by atoms with E-state index in [0.717, 1.165) is 34.3 Å². The van der Waals surface area contributed by atoms with Gasteiger partial charge < -0.3 is 9.73 Å². The number of benzene rings is 1. The highest BCUT2D eigenvalue weighted by molar-refractivity contribution is 7.16. The number of likely N-dealkylation sites (N-methyl/N-ethyl adjacent to an activating group) is 1. The second kappa shape index (κ2) is 5.95. The Morgan fingerprint density at radius 2 is 2.15 bits per heavy atom. The Labute approximate surface area is 126 Å². The highest BCUT2D eigenvalue weighted by Gasteiger charge is 2.17. The first-order chi connectivity index (χ1) is 9.76. The maximum Gasteiger partial charge on any atom is 0.197 e. The summed E-state index contributed by atoms with van der Waals surface area (Å²) >= 11 is 7.62. The Kier molecular flexibility index (Phi) is 4.05. The van der Waals surface area contributed by atoms with E-state index in [1.807, 2.05) is 30.3 Å². The van der Waals surface area contributed by atoms with Gasteiger partial charge in [0.15, 0.2) is 11.5 Å². The molecule has 3 aromatic rings. The monoisotopic (exact) mass is 306 g/mol. The molecule has 0 radical (unpaired) electrons. The van der Waals surface area contributed by atoms with Crippen molar-refractivity contribution in [3.05, 3.63) is 51.5 Å². The van der Waals surface area contributed by atoms with Crippen molar-refractivity contribution in [1.82, 2.24) is 10.3 Å². The molecule has 0 spiro atoms. The summed E-state index contributed by atoms with van der Waals surface area (Å²) < 4.78 is 6.60. The second-order valence-corrected chi connectivity index (χ2v) is 6.28. The van der Waals surface area contributed by atoms with E-state index < -0.39 is 0 Å². The van der Waals surface area contributed by atoms with Crippen LogP contribution in [0.1, 0.15) is 23.7 Å². The Balaban J connectivity index is 1.85. The van der Waals surface area contributed by atoms with Crippen molar-refractivity contribution in [3.8, 4) is 0 Å². The summed E-state index contributed by atoms with van der Waals surface area (Å²) in [5.74, 6) is 0.752. The molecule has 2 aromatic heterocycles. The summed E-state index contributed by atoms with van der Waals surface area (Å²) in [5, 5.41) is 3.46. The minimum absolute atomic E-state index is 0.186. The number of halogens is 1. The van der Waals surface area contributed by atoms with E-state index in [4.69, 9.17) is 16.0 Å². The van der Waals surface area contributed by atoms with Gasteiger partial charge in [-0.2, -0.15) is 0 Å². The fourth-order valence-corrected chi connectivity index (χ4v) is 3.35. The largest absolute Gasteiger partial charge is 0.441 e. The molecular weight excluding hydrogens is 292 g/mol. The number of nitrogens with one attached hydrogen (secondary N) is 1. The standard InChI is InChI=1S/C15H15ClN2OS/c1-2-17-11(13-7-8-14(16)20-13)9-15-18-10-5-3-4-6-12(10)19-15/h3-8,11,17H,2,9H2,1H3. The highest BCUT2D eigenvalue weighted by Crippen LogP contribution is 2.29. The Bertz CT molecular complexity index is 674. The smallest absolute Gasteiger partial charge is 0.197 e. The van der Waals surface area contributed by atoms with Crippen molar-refractivity contribution >= 4 is 34.0 Å². The van der Waals surface area contributed by atoms with Crippen molar-refractivity contribution in [2.24, 2.45) is 0 Å². The van der Waals surface area contributed by atoms with Crippen molar-refractivity contribution in [2.75, 3.05) is 6.54 Å². The molecule has 0 aliphatic rings. The third kappa shape index (κ3) is 2.87. The number of fused-ring (bicyclic) bond motifs is 1. The minimum atomic E-state index is 0.186. The number of oxazole rings is 1. The van der Waals surface area contributed by atoms with Crippen LogP contribution in [0.5, 0.6) is 0 Å². The van der Waals surface area contributed by atoms with Crippen LogP contribution >= 0.6 is 22.9 Å². The molecule has 0 bridgehead atoms. The van der Waals surface area contributed by atoms with E-state index in [1.165, 1.54) is 4.88 Å². The van der Waals surface area contributed by atoms with Gasteiger partial charge in [-0.3, -0.25) is 0 Å². The van der Waals surface area contributed by atoms with E-state index in [9.17, 15) is 0 Å². The first-order valence-corrected chi connectivity index (χ1v) is 7.78. The second-order valence-electron chi connectivity index (χ2n) is 4.53. The number of para-hydroxylation sites is 2. The lowest BCUT2D eigenvalue weighted by Crippen LogP contribution is -2.22. The predicted octanol–water partition coefficient (Wildman–Crippen LogP) is 4.44. The first-order valence-electron chi connectivity index (χ1n) is 6.59. The summed E-state index contributed by atoms with van der Waals surface area (Å²) in [6, 6.07) is 12.0. The molecule has 20 heavy (non-hydrogen) atoms. The molecule has 0 aliphatic carbocycles. The van der Waals surface area contributed by atoms with Crippen LogP contribution in [-0.4, -0.2) is 11.5 Å². The van der Waals surface area contributed by atoms with Crippen LogP contribution < -0.4 is 5.32 Å². The van der Waals surface area contributed by atoms with Gasteiger partial charge in [-0.1, -0.05) is 30.7 Å². The minimum Gasteiger partial charge on any atom is -0.441 e. The van der Waals surface area contributed by atoms with Crippen LogP contribution in [0.4, 0.5) is 0 Å². The molecule has 5 heteroatoms. The molecule has 3 rings (SSSR count). The van der Waals surface area contributed by atoms with Gasteiger partial charge in [0.05, 0.1) is 10.4 Å². The number of aromatic nitrogens is 1. The molecule has 0 fully saturated rings. The lowest BCUT2D eigenvalue weighted by atomic mass is 10.1. The van der Waals surface area contributed by atoms with E-state index >= 15 is 0 Å². The number of hydrogen-bond acceptors (Lipinski definition) is 4. The summed E-state index contributed by atoms with van der Waals surface area (Å²) in [4.78, 5) is 5.74. The molecule has 1 atom stereocenters. The fraction of sp³-hybridized carbons (Fsp3) is 0.267. The molecule has 0 saturated heterocycles. The molecule has 3 nitrogen and oxygen atoms in total. The quantitative estimate of drug-likeness (QED) is 0.757. The Morgan fingerprint density at radius 3 is 2.85 bits per heavy atom. The Morgan fingerprint density at radius 1 is 1.30 bits per heavy atom. The number of rotatable bonds is 5. The predicted molar refractivity (Wildman–Crippen MR) is 83.5 cm³/mol. The van der Waals surface area contributed by atoms with Crippen molar-refractivity contribution in [3.63, 3.8) is 0 Å². The number of nitrogens with zero attached hydrogens (tertiary/aromatic N) is 1. The summed E-state index contributed by atoms with van der Waals surface area (Å²) in [5.41, 5.74) is 1.74. The van der Waals surface area contributed by atoms with Crippen LogP contribution in [0.3, 0.4) is 0 Å². The van der Waals surface area contributed by atoms with E-state index in [1.54, 1.807) is 11.3 Å². The van der Waals surface area contributed by atoms with Crippen molar-refractivity contribution in [2.45, 2.75) is 19.4 Å². The molecule has 0 saturated carbocycles. The zero-order valence-electron chi connectivity index (χ0n) is 11.1. The number of thiophene rings is 1. The number of hydrogen-bond donors (Lipinski definition) is 1. The van der Waals surface area contributed by atoms with Gasteiger partial charge >= 0.3 is 0 Å². The molecule has 0 aliphatic heterocycles. The topological polar surface area (TPSA) is 38.1 Å². The van der Waals surface area contributed by atoms with Crippen LogP contribution in [-0.2, 0) is 6.42 Å². The van der Waals surface area contributed by atoms with Gasteiger partial charge in [-0.05, 0) is 30.8 Å². The molecule has 104 valence electrons. The third-order valence-electron chi connectivity index (χ3n) is 3.10. The SMILES string of the molecule is CCNC(Cc1nc2ccccc2o1)c1ccc(Cl)s1. The Hall–Kier alpha value is -1.36. The summed E-state index contributed by atoms with van der Waals surface area (Å²) in [6.45, 7) is 2.98. The van der Waals surface area contributed by atoms with Crippen LogP contribution in [0, 0.1) is 0 Å². The highest BCUT2D eigenvalue weighted by atomic mass is 35.5. The molecule has 1 unspecified atom stereocenters. The fourth-order valence-electron chi connectivity index (χ4n) is 2.22. The summed E-state index contributed by atoms with van der Waals surface area (Å²) in [7, 11) is 0. The van der Waals surface area contributed by atoms with Gasteiger partial charge in [0.2, 0.25) is 0 Å². The molecule has 2 heterocycles. The van der Waals surface area contributed by atoms with E-state index in [2.05, 4.69) is 23.3 Å². The van der Waals surface area contributed by atoms with E-state index in [0.29, 0.717) is 0 Å².